The first-order valence-corrected chi connectivity index (χ1v) is 8.39. The van der Waals surface area contributed by atoms with Gasteiger partial charge in [0.05, 0.1) is 0 Å². The zero-order chi connectivity index (χ0) is 13.1. The zero-order valence-corrected chi connectivity index (χ0v) is 12.6. The van der Waals surface area contributed by atoms with E-state index in [-0.39, 0.29) is 0 Å². The van der Waals surface area contributed by atoms with Gasteiger partial charge in [-0.1, -0.05) is 47.1 Å². The fraction of sp³-hybridized carbons (Fsp3) is 0.636. The third-order valence-corrected chi connectivity index (χ3v) is 5.03. The summed E-state index contributed by atoms with van der Waals surface area (Å²) in [6.45, 7) is 0. The van der Waals surface area contributed by atoms with Crippen LogP contribution in [-0.4, -0.2) is 19.8 Å². The van der Waals surface area contributed by atoms with Crippen LogP contribution in [0.4, 0.5) is 0 Å². The van der Waals surface area contributed by atoms with Crippen molar-refractivity contribution in [2.45, 2.75) is 49.0 Å². The number of hydrogen-bond acceptors (Lipinski definition) is 7. The second-order valence-electron chi connectivity index (χ2n) is 4.52. The smallest absolute Gasteiger partial charge is 0.276 e. The summed E-state index contributed by atoms with van der Waals surface area (Å²) in [4.78, 5) is 0. The highest BCUT2D eigenvalue weighted by molar-refractivity contribution is 7.98. The Kier molecular flexibility index (Phi) is 4.35. The van der Waals surface area contributed by atoms with Crippen LogP contribution in [0.2, 0.25) is 4.34 Å². The highest BCUT2D eigenvalue weighted by Gasteiger charge is 2.21. The lowest BCUT2D eigenvalue weighted by Crippen LogP contribution is -2.04. The third kappa shape index (κ3) is 3.27. The van der Waals surface area contributed by atoms with E-state index in [0.29, 0.717) is 21.2 Å². The van der Waals surface area contributed by atoms with E-state index in [9.17, 15) is 0 Å². The quantitative estimate of drug-likeness (QED) is 0.797. The van der Waals surface area contributed by atoms with Crippen LogP contribution < -0.4 is 0 Å². The molecular formula is C11H13ClN4OS2. The summed E-state index contributed by atoms with van der Waals surface area (Å²) in [5, 5.41) is 12.8. The molecule has 19 heavy (non-hydrogen) atoms. The fourth-order valence-electron chi connectivity index (χ4n) is 2.21. The van der Waals surface area contributed by atoms with Crippen molar-refractivity contribution in [3.8, 4) is 0 Å². The Hall–Kier alpha value is -0.660. The maximum absolute atomic E-state index is 5.95. The van der Waals surface area contributed by atoms with Gasteiger partial charge >= 0.3 is 0 Å². The van der Waals surface area contributed by atoms with Gasteiger partial charge in [0.25, 0.3) is 5.22 Å². The Balaban J connectivity index is 1.60. The number of aromatic nitrogens is 4. The maximum atomic E-state index is 5.95. The predicted molar refractivity (Wildman–Crippen MR) is 74.6 cm³/mol. The summed E-state index contributed by atoms with van der Waals surface area (Å²) in [6.07, 6.45) is 6.16. The van der Waals surface area contributed by atoms with E-state index in [1.165, 1.54) is 42.6 Å². The van der Waals surface area contributed by atoms with Crippen LogP contribution >= 0.6 is 34.9 Å². The number of rotatable bonds is 4. The van der Waals surface area contributed by atoms with E-state index < -0.39 is 0 Å². The SMILES string of the molecule is Clc1snnc1CSc1nnc(C2CCCCC2)o1. The van der Waals surface area contributed by atoms with E-state index in [2.05, 4.69) is 19.8 Å². The van der Waals surface area contributed by atoms with Crippen LogP contribution in [0, 0.1) is 0 Å². The molecule has 0 amide bonds. The van der Waals surface area contributed by atoms with Gasteiger partial charge < -0.3 is 4.42 Å². The summed E-state index contributed by atoms with van der Waals surface area (Å²) in [7, 11) is 0. The molecule has 1 fully saturated rings. The second kappa shape index (κ2) is 6.19. The van der Waals surface area contributed by atoms with Gasteiger partial charge in [-0.25, -0.2) is 0 Å². The molecule has 3 rings (SSSR count). The van der Waals surface area contributed by atoms with Gasteiger partial charge in [0.2, 0.25) is 5.89 Å². The van der Waals surface area contributed by atoms with Crippen LogP contribution in [0.25, 0.3) is 0 Å². The van der Waals surface area contributed by atoms with Crippen LogP contribution in [0.1, 0.15) is 49.6 Å². The molecule has 5 nitrogen and oxygen atoms in total. The monoisotopic (exact) mass is 316 g/mol. The zero-order valence-electron chi connectivity index (χ0n) is 10.2. The first-order chi connectivity index (χ1) is 9.33. The molecule has 8 heteroatoms. The summed E-state index contributed by atoms with van der Waals surface area (Å²) in [5.74, 6) is 1.84. The molecule has 0 aliphatic heterocycles. The van der Waals surface area contributed by atoms with E-state index in [4.69, 9.17) is 16.0 Å². The molecule has 0 unspecified atom stereocenters. The van der Waals surface area contributed by atoms with Crippen molar-refractivity contribution >= 4 is 34.9 Å². The molecule has 2 aromatic rings. The minimum atomic E-state index is 0.445. The largest absolute Gasteiger partial charge is 0.416 e. The molecule has 1 aliphatic carbocycles. The lowest BCUT2D eigenvalue weighted by Gasteiger charge is -2.17. The Bertz CT molecular complexity index is 538. The van der Waals surface area contributed by atoms with Crippen molar-refractivity contribution in [2.75, 3.05) is 0 Å². The predicted octanol–water partition coefficient (Wildman–Crippen LogP) is 3.91. The minimum Gasteiger partial charge on any atom is -0.416 e. The molecular weight excluding hydrogens is 304 g/mol. The standard InChI is InChI=1S/C11H13ClN4OS2/c12-9-8(13-16-19-9)6-18-11-15-14-10(17-11)7-4-2-1-3-5-7/h7H,1-6H2. The summed E-state index contributed by atoms with van der Waals surface area (Å²) in [6, 6.07) is 0. The summed E-state index contributed by atoms with van der Waals surface area (Å²) in [5.41, 5.74) is 0.772. The average molecular weight is 317 g/mol. The summed E-state index contributed by atoms with van der Waals surface area (Å²) >= 11 is 8.59. The van der Waals surface area contributed by atoms with E-state index in [0.717, 1.165) is 24.4 Å². The topological polar surface area (TPSA) is 64.7 Å². The molecule has 0 radical (unpaired) electrons. The fourth-order valence-corrected chi connectivity index (χ4v) is 3.71. The molecule has 1 aliphatic rings. The molecule has 0 aromatic carbocycles. The molecule has 0 saturated heterocycles. The Morgan fingerprint density at radius 2 is 2.05 bits per heavy atom. The lowest BCUT2D eigenvalue weighted by molar-refractivity contribution is 0.334. The Labute approximate surface area is 124 Å². The summed E-state index contributed by atoms with van der Waals surface area (Å²) < 4.78 is 10.1. The van der Waals surface area contributed by atoms with E-state index in [1.54, 1.807) is 0 Å². The van der Waals surface area contributed by atoms with Gasteiger partial charge in [-0.2, -0.15) is 0 Å². The van der Waals surface area contributed by atoms with Crippen LogP contribution in [0.3, 0.4) is 0 Å². The van der Waals surface area contributed by atoms with Crippen molar-refractivity contribution in [1.29, 1.82) is 0 Å². The first kappa shape index (κ1) is 13.3. The van der Waals surface area contributed by atoms with Crippen molar-refractivity contribution in [2.24, 2.45) is 0 Å². The van der Waals surface area contributed by atoms with Crippen molar-refractivity contribution in [3.05, 3.63) is 15.9 Å². The van der Waals surface area contributed by atoms with Crippen molar-refractivity contribution < 1.29 is 4.42 Å². The van der Waals surface area contributed by atoms with Gasteiger partial charge in [0, 0.05) is 23.2 Å². The molecule has 1 saturated carbocycles. The molecule has 0 bridgehead atoms. The van der Waals surface area contributed by atoms with E-state index in [1.807, 2.05) is 0 Å². The van der Waals surface area contributed by atoms with Gasteiger partial charge in [-0.05, 0) is 12.8 Å². The highest BCUT2D eigenvalue weighted by Crippen LogP contribution is 2.33. The molecule has 0 spiro atoms. The number of nitrogens with zero attached hydrogens (tertiary/aromatic N) is 4. The van der Waals surface area contributed by atoms with Crippen LogP contribution in [0.15, 0.2) is 9.64 Å². The number of thioether (sulfide) groups is 1. The van der Waals surface area contributed by atoms with Crippen molar-refractivity contribution in [3.63, 3.8) is 0 Å². The van der Waals surface area contributed by atoms with Gasteiger partial charge in [0.1, 0.15) is 10.0 Å². The van der Waals surface area contributed by atoms with Crippen LogP contribution in [0.5, 0.6) is 0 Å². The minimum absolute atomic E-state index is 0.445. The van der Waals surface area contributed by atoms with Gasteiger partial charge in [0.15, 0.2) is 0 Å². The average Bonchev–Trinajstić information content (AvgIpc) is 3.06. The Morgan fingerprint density at radius 1 is 1.21 bits per heavy atom. The lowest BCUT2D eigenvalue weighted by atomic mass is 9.89. The van der Waals surface area contributed by atoms with E-state index >= 15 is 0 Å². The number of hydrogen-bond donors (Lipinski definition) is 0. The molecule has 0 N–H and O–H groups in total. The third-order valence-electron chi connectivity index (χ3n) is 3.22. The maximum Gasteiger partial charge on any atom is 0.276 e. The molecule has 2 aromatic heterocycles. The normalized spacial score (nSPS) is 16.9. The van der Waals surface area contributed by atoms with Crippen molar-refractivity contribution in [1.82, 2.24) is 19.8 Å². The van der Waals surface area contributed by atoms with Gasteiger partial charge in [-0.3, -0.25) is 0 Å². The second-order valence-corrected chi connectivity index (χ2v) is 6.81. The number of halogens is 1. The molecule has 2 heterocycles. The molecule has 102 valence electrons. The Morgan fingerprint density at radius 3 is 2.79 bits per heavy atom. The van der Waals surface area contributed by atoms with Gasteiger partial charge in [-0.15, -0.1) is 15.3 Å². The first-order valence-electron chi connectivity index (χ1n) is 6.26. The molecule has 0 atom stereocenters. The van der Waals surface area contributed by atoms with Crippen LogP contribution in [-0.2, 0) is 5.75 Å². The highest BCUT2D eigenvalue weighted by atomic mass is 35.5.